The van der Waals surface area contributed by atoms with Crippen molar-refractivity contribution in [2.75, 3.05) is 6.61 Å². The number of hydrogen-bond acceptors (Lipinski definition) is 2. The number of aliphatic hydroxyl groups excluding tert-OH is 1. The van der Waals surface area contributed by atoms with Crippen molar-refractivity contribution in [2.45, 2.75) is 51.4 Å². The lowest BCUT2D eigenvalue weighted by Gasteiger charge is -2.28. The molecule has 1 aliphatic rings. The number of carbonyl (C=O) groups excluding carboxylic acids is 1. The molecule has 0 saturated carbocycles. The maximum Gasteiger partial charge on any atom is 0.126 e. The van der Waals surface area contributed by atoms with Crippen molar-refractivity contribution in [1.82, 2.24) is 0 Å². The summed E-state index contributed by atoms with van der Waals surface area (Å²) in [6.45, 7) is 0.293. The van der Waals surface area contributed by atoms with Gasteiger partial charge in [0.05, 0.1) is 0 Å². The van der Waals surface area contributed by atoms with Crippen LogP contribution in [0.2, 0.25) is 0 Å². The van der Waals surface area contributed by atoms with E-state index in [1.54, 1.807) is 0 Å². The monoisotopic (exact) mass is 210 g/mol. The van der Waals surface area contributed by atoms with Crippen molar-refractivity contribution in [3.63, 3.8) is 0 Å². The molecule has 0 spiro atoms. The maximum atomic E-state index is 11.1. The summed E-state index contributed by atoms with van der Waals surface area (Å²) in [7, 11) is 0. The summed E-state index contributed by atoms with van der Waals surface area (Å²) in [6, 6.07) is 0. The fourth-order valence-corrected chi connectivity index (χ4v) is 2.24. The summed E-state index contributed by atoms with van der Waals surface area (Å²) in [5.41, 5.74) is -0.0615. The average Bonchev–Trinajstić information content (AvgIpc) is 2.30. The lowest BCUT2D eigenvalue weighted by atomic mass is 9.74. The van der Waals surface area contributed by atoms with Crippen LogP contribution in [-0.4, -0.2) is 18.0 Å². The maximum absolute atomic E-state index is 11.1. The van der Waals surface area contributed by atoms with E-state index in [9.17, 15) is 4.79 Å². The fraction of sp³-hybridized carbons (Fsp3) is 0.769. The van der Waals surface area contributed by atoms with Gasteiger partial charge in [0.25, 0.3) is 0 Å². The van der Waals surface area contributed by atoms with Gasteiger partial charge in [-0.15, -0.1) is 0 Å². The third kappa shape index (κ3) is 4.17. The molecule has 2 nitrogen and oxygen atoms in total. The number of carbonyl (C=O) groups is 1. The van der Waals surface area contributed by atoms with Gasteiger partial charge >= 0.3 is 0 Å². The molecule has 1 rings (SSSR count). The molecule has 0 aromatic rings. The van der Waals surface area contributed by atoms with E-state index in [2.05, 4.69) is 12.2 Å². The largest absolute Gasteiger partial charge is 0.396 e. The van der Waals surface area contributed by atoms with Crippen LogP contribution in [0, 0.1) is 5.41 Å². The van der Waals surface area contributed by atoms with Crippen molar-refractivity contribution in [3.8, 4) is 0 Å². The number of aldehydes is 1. The third-order valence-electron chi connectivity index (χ3n) is 3.33. The van der Waals surface area contributed by atoms with Gasteiger partial charge in [-0.3, -0.25) is 0 Å². The first-order valence-corrected chi connectivity index (χ1v) is 6.05. The first-order chi connectivity index (χ1) is 7.33. The Morgan fingerprint density at radius 3 is 2.60 bits per heavy atom. The predicted molar refractivity (Wildman–Crippen MR) is 61.7 cm³/mol. The minimum Gasteiger partial charge on any atom is -0.396 e. The first kappa shape index (κ1) is 12.4. The van der Waals surface area contributed by atoms with Crippen LogP contribution >= 0.6 is 0 Å². The highest BCUT2D eigenvalue weighted by atomic mass is 16.2. The highest BCUT2D eigenvalue weighted by Gasteiger charge is 2.28. The second kappa shape index (κ2) is 6.78. The summed E-state index contributed by atoms with van der Waals surface area (Å²) >= 11 is 0. The van der Waals surface area contributed by atoms with Gasteiger partial charge in [-0.1, -0.05) is 31.4 Å². The summed E-state index contributed by atoms with van der Waals surface area (Å²) < 4.78 is 0. The molecule has 1 aliphatic carbocycles. The quantitative estimate of drug-likeness (QED) is 0.398. The zero-order valence-electron chi connectivity index (χ0n) is 9.45. The summed E-state index contributed by atoms with van der Waals surface area (Å²) in [4.78, 5) is 11.1. The lowest BCUT2D eigenvalue weighted by molar-refractivity contribution is -0.117. The molecular weight excluding hydrogens is 188 g/mol. The fourth-order valence-electron chi connectivity index (χ4n) is 2.24. The average molecular weight is 210 g/mol. The van der Waals surface area contributed by atoms with Gasteiger partial charge in [-0.2, -0.15) is 0 Å². The Morgan fingerprint density at radius 2 is 2.00 bits per heavy atom. The van der Waals surface area contributed by atoms with Crippen molar-refractivity contribution in [3.05, 3.63) is 12.2 Å². The smallest absolute Gasteiger partial charge is 0.126 e. The molecule has 15 heavy (non-hydrogen) atoms. The standard InChI is InChI=1S/C13H22O2/c14-11-7-2-1-4-8-13(12-15)9-5-3-6-10-13/h3,5,12,14H,1-2,4,6-11H2. The summed E-state index contributed by atoms with van der Waals surface area (Å²) in [5, 5.41) is 8.65. The molecule has 0 fully saturated rings. The molecule has 0 amide bonds. The zero-order chi connectivity index (χ0) is 11.0. The topological polar surface area (TPSA) is 37.3 Å². The molecular formula is C13H22O2. The summed E-state index contributed by atoms with van der Waals surface area (Å²) in [6.07, 6.45) is 13.7. The van der Waals surface area contributed by atoms with Crippen LogP contribution in [0.4, 0.5) is 0 Å². The van der Waals surface area contributed by atoms with Crippen LogP contribution in [0.5, 0.6) is 0 Å². The normalized spacial score (nSPS) is 25.4. The van der Waals surface area contributed by atoms with Crippen molar-refractivity contribution in [1.29, 1.82) is 0 Å². The lowest BCUT2D eigenvalue weighted by Crippen LogP contribution is -2.23. The van der Waals surface area contributed by atoms with Gasteiger partial charge in [-0.25, -0.2) is 0 Å². The molecule has 0 aromatic heterocycles. The van der Waals surface area contributed by atoms with Crippen LogP contribution in [0.15, 0.2) is 12.2 Å². The highest BCUT2D eigenvalue weighted by molar-refractivity contribution is 5.60. The highest BCUT2D eigenvalue weighted by Crippen LogP contribution is 2.35. The van der Waals surface area contributed by atoms with E-state index in [0.29, 0.717) is 6.61 Å². The molecule has 86 valence electrons. The van der Waals surface area contributed by atoms with Gasteiger partial charge in [0.15, 0.2) is 0 Å². The molecule has 0 saturated heterocycles. The Morgan fingerprint density at radius 1 is 1.20 bits per heavy atom. The summed E-state index contributed by atoms with van der Waals surface area (Å²) in [5.74, 6) is 0. The van der Waals surface area contributed by atoms with E-state index in [0.717, 1.165) is 51.4 Å². The minimum absolute atomic E-state index is 0.0615. The Kier molecular flexibility index (Phi) is 5.62. The molecule has 0 bridgehead atoms. The van der Waals surface area contributed by atoms with Crippen molar-refractivity contribution in [2.24, 2.45) is 5.41 Å². The van der Waals surface area contributed by atoms with E-state index in [1.807, 2.05) is 0 Å². The number of allylic oxidation sites excluding steroid dienone is 2. The minimum atomic E-state index is -0.0615. The van der Waals surface area contributed by atoms with E-state index in [4.69, 9.17) is 5.11 Å². The molecule has 1 unspecified atom stereocenters. The Bertz CT molecular complexity index is 211. The van der Waals surface area contributed by atoms with E-state index in [-0.39, 0.29) is 5.41 Å². The van der Waals surface area contributed by atoms with Crippen LogP contribution in [0.25, 0.3) is 0 Å². The van der Waals surface area contributed by atoms with Crippen LogP contribution in [-0.2, 0) is 4.79 Å². The SMILES string of the molecule is O=CC1(CCCCCCO)CC=CCC1. The van der Waals surface area contributed by atoms with E-state index < -0.39 is 0 Å². The number of rotatable bonds is 7. The molecule has 0 aliphatic heterocycles. The van der Waals surface area contributed by atoms with E-state index in [1.165, 1.54) is 6.29 Å². The van der Waals surface area contributed by atoms with Gasteiger partial charge in [0.2, 0.25) is 0 Å². The molecule has 0 radical (unpaired) electrons. The van der Waals surface area contributed by atoms with Gasteiger partial charge in [0, 0.05) is 12.0 Å². The van der Waals surface area contributed by atoms with Gasteiger partial charge in [-0.05, 0) is 32.1 Å². The van der Waals surface area contributed by atoms with Gasteiger partial charge < -0.3 is 9.90 Å². The molecule has 1 atom stereocenters. The Hall–Kier alpha value is -0.630. The molecule has 1 N–H and O–H groups in total. The molecule has 2 heteroatoms. The van der Waals surface area contributed by atoms with E-state index >= 15 is 0 Å². The first-order valence-electron chi connectivity index (χ1n) is 6.05. The number of unbranched alkanes of at least 4 members (excludes halogenated alkanes) is 3. The Labute approximate surface area is 92.4 Å². The third-order valence-corrected chi connectivity index (χ3v) is 3.33. The van der Waals surface area contributed by atoms with Gasteiger partial charge in [0.1, 0.15) is 6.29 Å². The second-order valence-corrected chi connectivity index (χ2v) is 4.58. The van der Waals surface area contributed by atoms with Crippen LogP contribution in [0.1, 0.15) is 51.4 Å². The van der Waals surface area contributed by atoms with Crippen molar-refractivity contribution < 1.29 is 9.90 Å². The molecule has 0 aromatic carbocycles. The molecule has 0 heterocycles. The second-order valence-electron chi connectivity index (χ2n) is 4.58. The van der Waals surface area contributed by atoms with Crippen LogP contribution < -0.4 is 0 Å². The predicted octanol–water partition coefficient (Wildman–Crippen LogP) is 2.85. The Balaban J connectivity index is 2.21. The van der Waals surface area contributed by atoms with Crippen LogP contribution in [0.3, 0.4) is 0 Å². The number of aliphatic hydroxyl groups is 1. The number of hydrogen-bond donors (Lipinski definition) is 1. The zero-order valence-corrected chi connectivity index (χ0v) is 9.45. The van der Waals surface area contributed by atoms with Crippen molar-refractivity contribution >= 4 is 6.29 Å².